The maximum atomic E-state index is 14.4. The van der Waals surface area contributed by atoms with E-state index in [1.807, 2.05) is 66.7 Å². The zero-order valence-electron chi connectivity index (χ0n) is 21.1. The number of methoxy groups -OCH3 is 1. The van der Waals surface area contributed by atoms with E-state index in [4.69, 9.17) is 10.5 Å². The van der Waals surface area contributed by atoms with Crippen molar-refractivity contribution in [3.63, 3.8) is 0 Å². The lowest BCUT2D eigenvalue weighted by molar-refractivity contribution is -0.147. The quantitative estimate of drug-likeness (QED) is 0.491. The van der Waals surface area contributed by atoms with Crippen LogP contribution in [0.4, 0.5) is 4.39 Å². The molecule has 1 aliphatic heterocycles. The fraction of sp³-hybridized carbons (Fsp3) is 0.267. The molecule has 6 nitrogen and oxygen atoms in total. The molecule has 0 saturated carbocycles. The van der Waals surface area contributed by atoms with Gasteiger partial charge in [-0.25, -0.2) is 4.39 Å². The molecule has 4 rings (SSSR count). The third-order valence-electron chi connectivity index (χ3n) is 6.57. The zero-order valence-corrected chi connectivity index (χ0v) is 21.1. The van der Waals surface area contributed by atoms with Gasteiger partial charge in [-0.05, 0) is 47.9 Å². The smallest absolute Gasteiger partial charge is 0.246 e. The lowest BCUT2D eigenvalue weighted by atomic mass is 9.96. The molecule has 2 N–H and O–H groups in total. The fourth-order valence-electron chi connectivity index (χ4n) is 4.59. The van der Waals surface area contributed by atoms with E-state index < -0.39 is 18.1 Å². The molecular formula is C30H32FN3O3. The standard InChI is InChI=1S/C30H32FN3O3/c1-21(32)29(35)33-18-6-9-27(24-12-16-26(37-2)17-13-24)34(20-23-10-14-25(31)15-11-23)30(36)28(33)19-22-7-4-3-5-8-22/h3-17,21,27-28H,18-20,32H2,1-2H3/b9-6-. The molecule has 3 aromatic carbocycles. The Kier molecular flexibility index (Phi) is 8.36. The number of nitrogens with zero attached hydrogens (tertiary/aromatic N) is 2. The Morgan fingerprint density at radius 2 is 1.70 bits per heavy atom. The van der Waals surface area contributed by atoms with E-state index in [0.29, 0.717) is 12.2 Å². The van der Waals surface area contributed by atoms with Gasteiger partial charge < -0.3 is 20.3 Å². The highest BCUT2D eigenvalue weighted by atomic mass is 19.1. The molecule has 0 radical (unpaired) electrons. The Morgan fingerprint density at radius 1 is 1.03 bits per heavy atom. The van der Waals surface area contributed by atoms with Crippen molar-refractivity contribution in [3.8, 4) is 5.75 Å². The minimum absolute atomic E-state index is 0.202. The van der Waals surface area contributed by atoms with Crippen molar-refractivity contribution in [2.45, 2.75) is 38.0 Å². The van der Waals surface area contributed by atoms with Crippen molar-refractivity contribution < 1.29 is 18.7 Å². The van der Waals surface area contributed by atoms with Gasteiger partial charge in [-0.15, -0.1) is 0 Å². The molecule has 0 spiro atoms. The highest BCUT2D eigenvalue weighted by Crippen LogP contribution is 2.30. The van der Waals surface area contributed by atoms with Crippen LogP contribution in [-0.2, 0) is 22.6 Å². The van der Waals surface area contributed by atoms with E-state index in [1.54, 1.807) is 36.0 Å². The van der Waals surface area contributed by atoms with Crippen LogP contribution in [0, 0.1) is 5.82 Å². The monoisotopic (exact) mass is 501 g/mol. The Morgan fingerprint density at radius 3 is 2.32 bits per heavy atom. The van der Waals surface area contributed by atoms with E-state index in [2.05, 4.69) is 0 Å². The first-order valence-electron chi connectivity index (χ1n) is 12.3. The van der Waals surface area contributed by atoms with Gasteiger partial charge in [0.15, 0.2) is 0 Å². The number of nitrogens with two attached hydrogens (primary N) is 1. The minimum Gasteiger partial charge on any atom is -0.497 e. The molecular weight excluding hydrogens is 469 g/mol. The van der Waals surface area contributed by atoms with Crippen molar-refractivity contribution in [2.75, 3.05) is 13.7 Å². The number of halogens is 1. The van der Waals surface area contributed by atoms with Gasteiger partial charge >= 0.3 is 0 Å². The third kappa shape index (κ3) is 6.24. The molecule has 3 aromatic rings. The van der Waals surface area contributed by atoms with Crippen molar-refractivity contribution in [3.05, 3.63) is 114 Å². The summed E-state index contributed by atoms with van der Waals surface area (Å²) in [7, 11) is 1.60. The summed E-state index contributed by atoms with van der Waals surface area (Å²) in [5, 5.41) is 0. The van der Waals surface area contributed by atoms with Crippen LogP contribution in [0.25, 0.3) is 0 Å². The molecule has 192 valence electrons. The van der Waals surface area contributed by atoms with Crippen molar-refractivity contribution in [1.82, 2.24) is 9.80 Å². The van der Waals surface area contributed by atoms with Crippen molar-refractivity contribution in [2.24, 2.45) is 5.73 Å². The molecule has 1 heterocycles. The number of benzene rings is 3. The van der Waals surface area contributed by atoms with Gasteiger partial charge in [0, 0.05) is 19.5 Å². The van der Waals surface area contributed by atoms with Crippen LogP contribution in [0.3, 0.4) is 0 Å². The second-order valence-electron chi connectivity index (χ2n) is 9.22. The lowest BCUT2D eigenvalue weighted by Gasteiger charge is -2.40. The van der Waals surface area contributed by atoms with E-state index in [9.17, 15) is 14.0 Å². The minimum atomic E-state index is -0.757. The van der Waals surface area contributed by atoms with Gasteiger partial charge in [-0.1, -0.05) is 66.7 Å². The number of rotatable bonds is 7. The molecule has 37 heavy (non-hydrogen) atoms. The predicted molar refractivity (Wildman–Crippen MR) is 141 cm³/mol. The van der Waals surface area contributed by atoms with Gasteiger partial charge in [0.05, 0.1) is 19.2 Å². The number of carbonyl (C=O) groups excluding carboxylic acids is 2. The number of ether oxygens (including phenoxy) is 1. The van der Waals surface area contributed by atoms with E-state index in [1.165, 1.54) is 12.1 Å². The summed E-state index contributed by atoms with van der Waals surface area (Å²) >= 11 is 0. The van der Waals surface area contributed by atoms with Crippen LogP contribution in [0.15, 0.2) is 91.0 Å². The van der Waals surface area contributed by atoms with Crippen molar-refractivity contribution >= 4 is 11.8 Å². The first-order valence-corrected chi connectivity index (χ1v) is 12.3. The van der Waals surface area contributed by atoms with E-state index >= 15 is 0 Å². The molecule has 0 bridgehead atoms. The van der Waals surface area contributed by atoms with Gasteiger partial charge in [-0.3, -0.25) is 9.59 Å². The largest absolute Gasteiger partial charge is 0.497 e. The van der Waals surface area contributed by atoms with Crippen LogP contribution in [0.2, 0.25) is 0 Å². The molecule has 0 aliphatic carbocycles. The van der Waals surface area contributed by atoms with Gasteiger partial charge in [-0.2, -0.15) is 0 Å². The summed E-state index contributed by atoms with van der Waals surface area (Å²) in [6.07, 6.45) is 4.20. The topological polar surface area (TPSA) is 75.9 Å². The third-order valence-corrected chi connectivity index (χ3v) is 6.57. The second kappa shape index (κ2) is 11.8. The van der Waals surface area contributed by atoms with E-state index in [0.717, 1.165) is 16.7 Å². The summed E-state index contributed by atoms with van der Waals surface area (Å²) < 4.78 is 18.9. The Bertz CT molecular complexity index is 1230. The summed E-state index contributed by atoms with van der Waals surface area (Å²) in [5.41, 5.74) is 8.61. The predicted octanol–water partition coefficient (Wildman–Crippen LogP) is 4.26. The molecule has 0 saturated heterocycles. The van der Waals surface area contributed by atoms with Crippen LogP contribution < -0.4 is 10.5 Å². The number of carbonyl (C=O) groups is 2. The maximum absolute atomic E-state index is 14.4. The van der Waals surface area contributed by atoms with Gasteiger partial charge in [0.25, 0.3) is 0 Å². The number of amides is 2. The average Bonchev–Trinajstić information content (AvgIpc) is 2.91. The first-order chi connectivity index (χ1) is 17.9. The van der Waals surface area contributed by atoms with Crippen LogP contribution >= 0.6 is 0 Å². The lowest BCUT2D eigenvalue weighted by Crippen LogP contribution is -2.56. The van der Waals surface area contributed by atoms with Crippen LogP contribution in [0.1, 0.15) is 29.7 Å². The second-order valence-corrected chi connectivity index (χ2v) is 9.22. The van der Waals surface area contributed by atoms with Gasteiger partial charge in [0.1, 0.15) is 17.6 Å². The van der Waals surface area contributed by atoms with Gasteiger partial charge in [0.2, 0.25) is 11.8 Å². The summed E-state index contributed by atoms with van der Waals surface area (Å²) in [4.78, 5) is 30.9. The van der Waals surface area contributed by atoms with Crippen LogP contribution in [-0.4, -0.2) is 47.4 Å². The van der Waals surface area contributed by atoms with E-state index in [-0.39, 0.29) is 30.7 Å². The molecule has 3 atom stereocenters. The zero-order chi connectivity index (χ0) is 26.4. The molecule has 2 amide bonds. The summed E-state index contributed by atoms with van der Waals surface area (Å²) in [6.45, 7) is 2.14. The molecule has 1 aliphatic rings. The molecule has 7 heteroatoms. The van der Waals surface area contributed by atoms with Crippen LogP contribution in [0.5, 0.6) is 5.75 Å². The number of hydrogen-bond acceptors (Lipinski definition) is 4. The normalized spacial score (nSPS) is 19.6. The SMILES string of the molecule is COc1ccc(C2/C=C\CN(C(=O)C(C)N)C(Cc3ccccc3)C(=O)N2Cc2ccc(F)cc2)cc1. The maximum Gasteiger partial charge on any atom is 0.246 e. The highest BCUT2D eigenvalue weighted by molar-refractivity contribution is 5.90. The molecule has 0 aromatic heterocycles. The fourth-order valence-corrected chi connectivity index (χ4v) is 4.59. The highest BCUT2D eigenvalue weighted by Gasteiger charge is 2.37. The molecule has 3 unspecified atom stereocenters. The first kappa shape index (κ1) is 26.1. The molecule has 0 fully saturated rings. The Hall–Kier alpha value is -3.97. The summed E-state index contributed by atoms with van der Waals surface area (Å²) in [5.74, 6) is -0.119. The van der Waals surface area contributed by atoms with Crippen molar-refractivity contribution in [1.29, 1.82) is 0 Å². The Balaban J connectivity index is 1.79. The number of hydrogen-bond donors (Lipinski definition) is 1. The Labute approximate surface area is 217 Å². The summed E-state index contributed by atoms with van der Waals surface area (Å²) in [6, 6.07) is 21.4. The average molecular weight is 502 g/mol.